The van der Waals surface area contributed by atoms with Crippen molar-refractivity contribution in [3.63, 3.8) is 0 Å². The maximum absolute atomic E-state index is 9.46. The van der Waals surface area contributed by atoms with Crippen LogP contribution in [0, 0.1) is 0 Å². The molecule has 0 amide bonds. The number of nitrogens with one attached hydrogen (secondary N) is 1. The molecule has 3 nitrogen and oxygen atoms in total. The van der Waals surface area contributed by atoms with E-state index in [-0.39, 0.29) is 12.4 Å². The maximum atomic E-state index is 9.46. The van der Waals surface area contributed by atoms with Crippen LogP contribution in [0.2, 0.25) is 0 Å². The molecule has 0 aromatic heterocycles. The fourth-order valence-corrected chi connectivity index (χ4v) is 1.73. The molecular formula is C12H17NO2. The Balaban J connectivity index is 2.19. The van der Waals surface area contributed by atoms with E-state index >= 15 is 0 Å². The maximum Gasteiger partial charge on any atom is 0.115 e. The van der Waals surface area contributed by atoms with E-state index in [1.165, 1.54) is 12.8 Å². The van der Waals surface area contributed by atoms with E-state index in [0.29, 0.717) is 6.04 Å². The van der Waals surface area contributed by atoms with Gasteiger partial charge in [0, 0.05) is 6.04 Å². The van der Waals surface area contributed by atoms with Gasteiger partial charge in [0.2, 0.25) is 0 Å². The first-order valence-corrected chi connectivity index (χ1v) is 5.32. The lowest BCUT2D eigenvalue weighted by atomic mass is 9.92. The van der Waals surface area contributed by atoms with Crippen LogP contribution in [0.1, 0.15) is 25.3 Å². The second-order valence-electron chi connectivity index (χ2n) is 4.46. The average Bonchev–Trinajstić information content (AvgIpc) is 3.02. The molecule has 3 N–H and O–H groups in total. The van der Waals surface area contributed by atoms with Gasteiger partial charge in [-0.15, -0.1) is 0 Å². The second kappa shape index (κ2) is 3.83. The molecule has 1 fully saturated rings. The highest BCUT2D eigenvalue weighted by atomic mass is 16.3. The Morgan fingerprint density at radius 1 is 1.33 bits per heavy atom. The van der Waals surface area contributed by atoms with Gasteiger partial charge in [0.1, 0.15) is 5.75 Å². The molecule has 2 rings (SSSR count). The molecule has 1 aliphatic rings. The second-order valence-corrected chi connectivity index (χ2v) is 4.46. The average molecular weight is 207 g/mol. The Bertz CT molecular complexity index is 332. The van der Waals surface area contributed by atoms with Gasteiger partial charge in [-0.3, -0.25) is 0 Å². The summed E-state index contributed by atoms with van der Waals surface area (Å²) < 4.78 is 0. The van der Waals surface area contributed by atoms with Gasteiger partial charge in [0.05, 0.1) is 12.1 Å². The van der Waals surface area contributed by atoms with Crippen molar-refractivity contribution >= 4 is 0 Å². The van der Waals surface area contributed by atoms with Crippen LogP contribution in [0.5, 0.6) is 5.75 Å². The van der Waals surface area contributed by atoms with Crippen molar-refractivity contribution in [3.8, 4) is 5.75 Å². The summed E-state index contributed by atoms with van der Waals surface area (Å²) in [6.07, 6.45) is 2.38. The van der Waals surface area contributed by atoms with Crippen molar-refractivity contribution in [3.05, 3.63) is 29.8 Å². The van der Waals surface area contributed by atoms with E-state index in [1.54, 1.807) is 12.1 Å². The largest absolute Gasteiger partial charge is 0.508 e. The molecule has 82 valence electrons. The highest BCUT2D eigenvalue weighted by Gasteiger charge is 2.33. The first-order valence-electron chi connectivity index (χ1n) is 5.32. The number of hydrogen-bond acceptors (Lipinski definition) is 3. The van der Waals surface area contributed by atoms with Gasteiger partial charge < -0.3 is 15.5 Å². The molecule has 0 bridgehead atoms. The van der Waals surface area contributed by atoms with Crippen LogP contribution in [0.4, 0.5) is 0 Å². The van der Waals surface area contributed by atoms with Gasteiger partial charge in [-0.1, -0.05) is 12.1 Å². The Hall–Kier alpha value is -1.06. The van der Waals surface area contributed by atoms with Crippen molar-refractivity contribution in [2.24, 2.45) is 0 Å². The van der Waals surface area contributed by atoms with Crippen molar-refractivity contribution in [1.29, 1.82) is 0 Å². The number of phenols is 1. The molecule has 1 aliphatic carbocycles. The van der Waals surface area contributed by atoms with Crippen LogP contribution >= 0.6 is 0 Å². The zero-order chi connectivity index (χ0) is 10.9. The van der Waals surface area contributed by atoms with Crippen molar-refractivity contribution < 1.29 is 10.2 Å². The van der Waals surface area contributed by atoms with Crippen molar-refractivity contribution in [1.82, 2.24) is 5.32 Å². The molecule has 1 atom stereocenters. The lowest BCUT2D eigenvalue weighted by molar-refractivity contribution is 0.173. The summed E-state index contributed by atoms with van der Waals surface area (Å²) in [7, 11) is 0. The molecular weight excluding hydrogens is 190 g/mol. The lowest BCUT2D eigenvalue weighted by Gasteiger charge is -2.29. The fourth-order valence-electron chi connectivity index (χ4n) is 1.73. The molecule has 0 heterocycles. The van der Waals surface area contributed by atoms with Crippen LogP contribution in [0.25, 0.3) is 0 Å². The monoisotopic (exact) mass is 207 g/mol. The summed E-state index contributed by atoms with van der Waals surface area (Å²) in [5.74, 6) is 0.255. The summed E-state index contributed by atoms with van der Waals surface area (Å²) in [5.41, 5.74) is 0.615. The molecule has 0 spiro atoms. The van der Waals surface area contributed by atoms with Gasteiger partial charge in [0.25, 0.3) is 0 Å². The van der Waals surface area contributed by atoms with Gasteiger partial charge in [-0.2, -0.15) is 0 Å². The van der Waals surface area contributed by atoms with Crippen LogP contribution in [0.15, 0.2) is 24.3 Å². The molecule has 0 saturated heterocycles. The number of benzene rings is 1. The van der Waals surface area contributed by atoms with Crippen molar-refractivity contribution in [2.75, 3.05) is 6.61 Å². The molecule has 0 radical (unpaired) electrons. The molecule has 1 saturated carbocycles. The number of aromatic hydroxyl groups is 1. The van der Waals surface area contributed by atoms with E-state index in [0.717, 1.165) is 5.56 Å². The Labute approximate surface area is 89.8 Å². The third kappa shape index (κ3) is 2.30. The zero-order valence-corrected chi connectivity index (χ0v) is 8.90. The van der Waals surface area contributed by atoms with Gasteiger partial charge in [-0.25, -0.2) is 0 Å². The predicted molar refractivity (Wildman–Crippen MR) is 58.7 cm³/mol. The molecule has 3 heteroatoms. The van der Waals surface area contributed by atoms with Crippen LogP contribution in [-0.2, 0) is 5.54 Å². The highest BCUT2D eigenvalue weighted by molar-refractivity contribution is 5.31. The first-order chi connectivity index (χ1) is 7.14. The summed E-state index contributed by atoms with van der Waals surface area (Å²) in [4.78, 5) is 0. The molecule has 1 unspecified atom stereocenters. The first kappa shape index (κ1) is 10.5. The highest BCUT2D eigenvalue weighted by Crippen LogP contribution is 2.28. The summed E-state index contributed by atoms with van der Waals surface area (Å²) >= 11 is 0. The van der Waals surface area contributed by atoms with Crippen LogP contribution in [0.3, 0.4) is 0 Å². The van der Waals surface area contributed by atoms with Crippen molar-refractivity contribution in [2.45, 2.75) is 31.3 Å². The molecule has 1 aromatic carbocycles. The molecule has 15 heavy (non-hydrogen) atoms. The minimum absolute atomic E-state index is 0.0638. The zero-order valence-electron chi connectivity index (χ0n) is 8.90. The fraction of sp³-hybridized carbons (Fsp3) is 0.500. The van der Waals surface area contributed by atoms with Crippen LogP contribution in [-0.4, -0.2) is 22.9 Å². The van der Waals surface area contributed by atoms with E-state index in [1.807, 2.05) is 19.1 Å². The number of aliphatic hydroxyl groups excluding tert-OH is 1. The third-order valence-corrected chi connectivity index (χ3v) is 2.92. The SMILES string of the molecule is CC(CO)(NC1CC1)c1ccc(O)cc1. The summed E-state index contributed by atoms with van der Waals surface area (Å²) in [5, 5.41) is 22.1. The van der Waals surface area contributed by atoms with E-state index in [4.69, 9.17) is 0 Å². The third-order valence-electron chi connectivity index (χ3n) is 2.92. The topological polar surface area (TPSA) is 52.5 Å². The van der Waals surface area contributed by atoms with Crippen LogP contribution < -0.4 is 5.32 Å². The number of phenolic OH excluding ortho intramolecular Hbond substituents is 1. The van der Waals surface area contributed by atoms with Gasteiger partial charge in [-0.05, 0) is 37.5 Å². The minimum Gasteiger partial charge on any atom is -0.508 e. The van der Waals surface area contributed by atoms with E-state index in [2.05, 4.69) is 5.32 Å². The minimum atomic E-state index is -0.394. The number of hydrogen-bond donors (Lipinski definition) is 3. The Morgan fingerprint density at radius 2 is 1.93 bits per heavy atom. The quantitative estimate of drug-likeness (QED) is 0.698. The molecule has 0 aliphatic heterocycles. The summed E-state index contributed by atoms with van der Waals surface area (Å²) in [6, 6.07) is 7.54. The number of rotatable bonds is 4. The normalized spacial score (nSPS) is 19.9. The van der Waals surface area contributed by atoms with E-state index in [9.17, 15) is 10.2 Å². The molecule has 1 aromatic rings. The lowest BCUT2D eigenvalue weighted by Crippen LogP contribution is -2.44. The standard InChI is InChI=1S/C12H17NO2/c1-12(8-14,13-10-4-5-10)9-2-6-11(15)7-3-9/h2-3,6-7,10,13-15H,4-5,8H2,1H3. The predicted octanol–water partition coefficient (Wildman–Crippen LogP) is 1.35. The van der Waals surface area contributed by atoms with Gasteiger partial charge >= 0.3 is 0 Å². The summed E-state index contributed by atoms with van der Waals surface area (Å²) in [6.45, 7) is 2.05. The van der Waals surface area contributed by atoms with Gasteiger partial charge in [0.15, 0.2) is 0 Å². The Kier molecular flexibility index (Phi) is 2.67. The number of aliphatic hydroxyl groups is 1. The Morgan fingerprint density at radius 3 is 2.40 bits per heavy atom. The smallest absolute Gasteiger partial charge is 0.115 e. The van der Waals surface area contributed by atoms with E-state index < -0.39 is 5.54 Å².